The van der Waals surface area contributed by atoms with E-state index < -0.39 is 5.97 Å². The van der Waals surface area contributed by atoms with Crippen molar-refractivity contribution in [3.63, 3.8) is 0 Å². The van der Waals surface area contributed by atoms with Crippen LogP contribution in [0.3, 0.4) is 0 Å². The quantitative estimate of drug-likeness (QED) is 0.865. The molecule has 1 aliphatic carbocycles. The Kier molecular flexibility index (Phi) is 4.04. The lowest BCUT2D eigenvalue weighted by Crippen LogP contribution is -2.16. The van der Waals surface area contributed by atoms with Crippen LogP contribution in [0.4, 0.5) is 0 Å². The zero-order chi connectivity index (χ0) is 14.7. The number of benzene rings is 1. The number of nitrogens with zero attached hydrogens (tertiary/aromatic N) is 1. The first kappa shape index (κ1) is 13.9. The van der Waals surface area contributed by atoms with Gasteiger partial charge in [0.1, 0.15) is 5.75 Å². The van der Waals surface area contributed by atoms with Crippen molar-refractivity contribution < 1.29 is 14.6 Å². The van der Waals surface area contributed by atoms with E-state index in [-0.39, 0.29) is 11.8 Å². The van der Waals surface area contributed by atoms with Gasteiger partial charge in [-0.15, -0.1) is 0 Å². The molecular formula is C17H19NO3. The first-order valence-corrected chi connectivity index (χ1v) is 7.54. The number of pyridine rings is 1. The summed E-state index contributed by atoms with van der Waals surface area (Å²) in [5, 5.41) is 10.1. The van der Waals surface area contributed by atoms with Gasteiger partial charge in [-0.1, -0.05) is 25.0 Å². The van der Waals surface area contributed by atoms with E-state index in [2.05, 4.69) is 4.98 Å². The fourth-order valence-electron chi connectivity index (χ4n) is 2.89. The van der Waals surface area contributed by atoms with Crippen molar-refractivity contribution in [2.24, 2.45) is 0 Å². The summed E-state index contributed by atoms with van der Waals surface area (Å²) in [6, 6.07) is 9.08. The lowest BCUT2D eigenvalue weighted by molar-refractivity contribution is 0.0690. The highest BCUT2D eigenvalue weighted by Gasteiger charge is 2.17. The molecule has 1 saturated carbocycles. The molecule has 0 radical (unpaired) electrons. The third-order valence-corrected chi connectivity index (χ3v) is 3.99. The van der Waals surface area contributed by atoms with Gasteiger partial charge >= 0.3 is 5.97 Å². The molecule has 0 saturated heterocycles. The molecule has 21 heavy (non-hydrogen) atoms. The highest BCUT2D eigenvalue weighted by molar-refractivity contribution is 5.93. The number of fused-ring (bicyclic) bond motifs is 1. The van der Waals surface area contributed by atoms with E-state index in [0.717, 1.165) is 18.2 Å². The number of hydrogen-bond acceptors (Lipinski definition) is 3. The summed E-state index contributed by atoms with van der Waals surface area (Å²) in [7, 11) is 0. The molecule has 0 unspecified atom stereocenters. The smallest absolute Gasteiger partial charge is 0.354 e. The molecule has 0 amide bonds. The van der Waals surface area contributed by atoms with Crippen molar-refractivity contribution >= 4 is 16.9 Å². The van der Waals surface area contributed by atoms with Crippen molar-refractivity contribution in [3.8, 4) is 5.75 Å². The van der Waals surface area contributed by atoms with Crippen LogP contribution in [0.5, 0.6) is 5.75 Å². The predicted molar refractivity (Wildman–Crippen MR) is 80.8 cm³/mol. The minimum absolute atomic E-state index is 0.0392. The van der Waals surface area contributed by atoms with E-state index in [4.69, 9.17) is 4.74 Å². The van der Waals surface area contributed by atoms with Crippen LogP contribution in [0.1, 0.15) is 49.0 Å². The van der Waals surface area contributed by atoms with Crippen molar-refractivity contribution in [1.29, 1.82) is 0 Å². The van der Waals surface area contributed by atoms with E-state index in [1.807, 2.05) is 24.3 Å². The van der Waals surface area contributed by atoms with Crippen LogP contribution >= 0.6 is 0 Å². The summed E-state index contributed by atoms with van der Waals surface area (Å²) in [6.45, 7) is 0. The summed E-state index contributed by atoms with van der Waals surface area (Å²) >= 11 is 0. The van der Waals surface area contributed by atoms with E-state index in [1.165, 1.54) is 25.7 Å². The molecule has 0 aliphatic heterocycles. The van der Waals surface area contributed by atoms with Crippen LogP contribution < -0.4 is 4.74 Å². The van der Waals surface area contributed by atoms with Crippen molar-refractivity contribution in [3.05, 3.63) is 36.0 Å². The second kappa shape index (κ2) is 6.12. The Labute approximate surface area is 123 Å². The molecule has 1 aliphatic rings. The number of aromatic nitrogens is 1. The fraction of sp³-hybridized carbons (Fsp3) is 0.412. The van der Waals surface area contributed by atoms with Crippen LogP contribution in [-0.4, -0.2) is 22.2 Å². The maximum Gasteiger partial charge on any atom is 0.354 e. The van der Waals surface area contributed by atoms with E-state index >= 15 is 0 Å². The molecule has 4 nitrogen and oxygen atoms in total. The maximum absolute atomic E-state index is 11.2. The average molecular weight is 285 g/mol. The second-order valence-corrected chi connectivity index (χ2v) is 5.56. The lowest BCUT2D eigenvalue weighted by Gasteiger charge is -2.18. The van der Waals surface area contributed by atoms with Crippen LogP contribution in [0.2, 0.25) is 0 Å². The minimum Gasteiger partial charge on any atom is -0.490 e. The van der Waals surface area contributed by atoms with Gasteiger partial charge in [0.2, 0.25) is 0 Å². The van der Waals surface area contributed by atoms with Gasteiger partial charge in [0.15, 0.2) is 5.69 Å². The highest BCUT2D eigenvalue weighted by Crippen LogP contribution is 2.29. The molecule has 4 heteroatoms. The number of hydrogen-bond donors (Lipinski definition) is 1. The lowest BCUT2D eigenvalue weighted by atomic mass is 10.1. The molecule has 2 aromatic rings. The predicted octanol–water partition coefficient (Wildman–Crippen LogP) is 4.03. The first-order valence-electron chi connectivity index (χ1n) is 7.54. The molecule has 1 fully saturated rings. The standard InChI is InChI=1S/C17H19NO3/c19-17(20)15-11-16(13-9-5-6-10-14(13)18-15)21-12-7-3-1-2-4-8-12/h5-6,9-12H,1-4,7-8H2,(H,19,20). The van der Waals surface area contributed by atoms with E-state index in [0.29, 0.717) is 11.3 Å². The van der Waals surface area contributed by atoms with Crippen LogP contribution in [0.15, 0.2) is 30.3 Å². The number of carboxylic acids is 1. The van der Waals surface area contributed by atoms with Gasteiger partial charge in [-0.3, -0.25) is 0 Å². The Hall–Kier alpha value is -2.10. The summed E-state index contributed by atoms with van der Waals surface area (Å²) in [6.07, 6.45) is 7.14. The fourth-order valence-corrected chi connectivity index (χ4v) is 2.89. The Morgan fingerprint density at radius 3 is 2.57 bits per heavy atom. The largest absolute Gasteiger partial charge is 0.490 e. The Bertz CT molecular complexity index is 646. The molecule has 0 atom stereocenters. The molecule has 0 spiro atoms. The van der Waals surface area contributed by atoms with Gasteiger partial charge in [-0.2, -0.15) is 0 Å². The minimum atomic E-state index is -1.02. The third kappa shape index (κ3) is 3.15. The Balaban J connectivity index is 1.97. The van der Waals surface area contributed by atoms with Crippen LogP contribution in [0.25, 0.3) is 10.9 Å². The number of aromatic carboxylic acids is 1. The van der Waals surface area contributed by atoms with Gasteiger partial charge in [0.05, 0.1) is 11.6 Å². The van der Waals surface area contributed by atoms with E-state index in [9.17, 15) is 9.90 Å². The van der Waals surface area contributed by atoms with Crippen LogP contribution in [0, 0.1) is 0 Å². The second-order valence-electron chi connectivity index (χ2n) is 5.56. The normalized spacial score (nSPS) is 16.6. The average Bonchev–Trinajstić information content (AvgIpc) is 2.75. The van der Waals surface area contributed by atoms with Gasteiger partial charge < -0.3 is 9.84 Å². The summed E-state index contributed by atoms with van der Waals surface area (Å²) in [4.78, 5) is 15.4. The van der Waals surface area contributed by atoms with E-state index in [1.54, 1.807) is 6.07 Å². The Morgan fingerprint density at radius 1 is 1.14 bits per heavy atom. The number of para-hydroxylation sites is 1. The third-order valence-electron chi connectivity index (χ3n) is 3.99. The topological polar surface area (TPSA) is 59.4 Å². The molecule has 1 aromatic carbocycles. The van der Waals surface area contributed by atoms with Crippen LogP contribution in [-0.2, 0) is 0 Å². The molecular weight excluding hydrogens is 266 g/mol. The first-order chi connectivity index (χ1) is 10.2. The molecule has 1 aromatic heterocycles. The van der Waals surface area contributed by atoms with Gasteiger partial charge in [-0.05, 0) is 37.8 Å². The summed E-state index contributed by atoms with van der Waals surface area (Å²) in [5.41, 5.74) is 0.707. The molecule has 0 bridgehead atoms. The van der Waals surface area contributed by atoms with Gasteiger partial charge in [0, 0.05) is 11.5 Å². The highest BCUT2D eigenvalue weighted by atomic mass is 16.5. The maximum atomic E-state index is 11.2. The molecule has 1 N–H and O–H groups in total. The Morgan fingerprint density at radius 2 is 1.86 bits per heavy atom. The zero-order valence-electron chi connectivity index (χ0n) is 11.9. The van der Waals surface area contributed by atoms with Gasteiger partial charge in [0.25, 0.3) is 0 Å². The monoisotopic (exact) mass is 285 g/mol. The molecule has 1 heterocycles. The number of rotatable bonds is 3. The SMILES string of the molecule is O=C(O)c1cc(OC2CCCCCC2)c2ccccc2n1. The van der Waals surface area contributed by atoms with Crippen molar-refractivity contribution in [2.45, 2.75) is 44.6 Å². The van der Waals surface area contributed by atoms with Crippen molar-refractivity contribution in [2.75, 3.05) is 0 Å². The number of carbonyl (C=O) groups is 1. The number of carboxylic acid groups (broad SMARTS) is 1. The zero-order valence-corrected chi connectivity index (χ0v) is 11.9. The summed E-state index contributed by atoms with van der Waals surface area (Å²) < 4.78 is 6.14. The summed E-state index contributed by atoms with van der Waals surface area (Å²) in [5.74, 6) is -0.378. The molecule has 110 valence electrons. The molecule has 3 rings (SSSR count). The number of ether oxygens (including phenoxy) is 1. The van der Waals surface area contributed by atoms with Crippen molar-refractivity contribution in [1.82, 2.24) is 4.98 Å². The van der Waals surface area contributed by atoms with Gasteiger partial charge in [-0.25, -0.2) is 9.78 Å².